The largest absolute Gasteiger partial charge is 0.462 e. The Labute approximate surface area is 117 Å². The second kappa shape index (κ2) is 6.33. The number of hydrogen-bond acceptors (Lipinski definition) is 5. The van der Waals surface area contributed by atoms with Crippen molar-refractivity contribution in [2.45, 2.75) is 20.0 Å². The zero-order chi connectivity index (χ0) is 14.5. The van der Waals surface area contributed by atoms with E-state index in [0.717, 1.165) is 11.5 Å². The first-order chi connectivity index (χ1) is 9.63. The summed E-state index contributed by atoms with van der Waals surface area (Å²) in [6.45, 7) is 3.29. The van der Waals surface area contributed by atoms with E-state index in [-0.39, 0.29) is 5.97 Å². The molecular weight excluding hydrogens is 258 g/mol. The smallest absolute Gasteiger partial charge is 0.341 e. The molecule has 0 aliphatic heterocycles. The van der Waals surface area contributed by atoms with Gasteiger partial charge in [0.15, 0.2) is 0 Å². The topological polar surface area (TPSA) is 74.0 Å². The molecule has 7 heteroatoms. The third-order valence-corrected chi connectivity index (χ3v) is 3.05. The molecule has 0 bridgehead atoms. The summed E-state index contributed by atoms with van der Waals surface area (Å²) in [5, 5.41) is 7.37. The van der Waals surface area contributed by atoms with Gasteiger partial charge in [0.25, 0.3) is 0 Å². The highest BCUT2D eigenvalue weighted by Crippen LogP contribution is 2.09. The summed E-state index contributed by atoms with van der Waals surface area (Å²) in [5.41, 5.74) is 1.30. The van der Waals surface area contributed by atoms with Crippen molar-refractivity contribution in [3.63, 3.8) is 0 Å². The Hall–Kier alpha value is -2.15. The highest BCUT2D eigenvalue weighted by atomic mass is 16.5. The van der Waals surface area contributed by atoms with Gasteiger partial charge in [0.1, 0.15) is 11.4 Å². The van der Waals surface area contributed by atoms with Gasteiger partial charge in [-0.25, -0.2) is 9.78 Å². The predicted octanol–water partition coefficient (Wildman–Crippen LogP) is 0.620. The average Bonchev–Trinajstić information content (AvgIpc) is 2.98. The van der Waals surface area contributed by atoms with Crippen LogP contribution in [-0.2, 0) is 31.9 Å². The Balaban J connectivity index is 2.00. The van der Waals surface area contributed by atoms with E-state index in [1.54, 1.807) is 24.9 Å². The average molecular weight is 277 g/mol. The first kappa shape index (κ1) is 14.3. The Morgan fingerprint density at radius 2 is 2.20 bits per heavy atom. The van der Waals surface area contributed by atoms with Crippen molar-refractivity contribution in [3.8, 4) is 0 Å². The maximum atomic E-state index is 11.8. The Morgan fingerprint density at radius 1 is 1.40 bits per heavy atom. The normalized spacial score (nSPS) is 10.8. The summed E-state index contributed by atoms with van der Waals surface area (Å²) in [7, 11) is 3.75. The number of nitrogens with one attached hydrogen (secondary N) is 1. The third-order valence-electron chi connectivity index (χ3n) is 3.05. The third kappa shape index (κ3) is 3.05. The summed E-state index contributed by atoms with van der Waals surface area (Å²) in [4.78, 5) is 16.0. The lowest BCUT2D eigenvalue weighted by atomic mass is 10.2. The summed E-state index contributed by atoms with van der Waals surface area (Å²) in [6.07, 6.45) is 5.19. The van der Waals surface area contributed by atoms with E-state index in [4.69, 9.17) is 4.74 Å². The van der Waals surface area contributed by atoms with Crippen LogP contribution in [0.25, 0.3) is 0 Å². The molecule has 1 N–H and O–H groups in total. The number of esters is 1. The first-order valence-corrected chi connectivity index (χ1v) is 6.48. The number of imidazole rings is 1. The minimum atomic E-state index is -0.339. The molecule has 0 aliphatic carbocycles. The van der Waals surface area contributed by atoms with E-state index >= 15 is 0 Å². The monoisotopic (exact) mass is 277 g/mol. The molecule has 108 valence electrons. The molecule has 0 aliphatic rings. The fraction of sp³-hybridized carbons (Fsp3) is 0.462. The number of rotatable bonds is 6. The molecule has 2 heterocycles. The van der Waals surface area contributed by atoms with Gasteiger partial charge >= 0.3 is 5.97 Å². The van der Waals surface area contributed by atoms with Crippen LogP contribution in [0.3, 0.4) is 0 Å². The second-order valence-electron chi connectivity index (χ2n) is 4.41. The van der Waals surface area contributed by atoms with Crippen molar-refractivity contribution in [1.29, 1.82) is 0 Å². The highest BCUT2D eigenvalue weighted by Gasteiger charge is 2.16. The van der Waals surface area contributed by atoms with Crippen LogP contribution in [0.1, 0.15) is 28.8 Å². The molecule has 0 atom stereocenters. The summed E-state index contributed by atoms with van der Waals surface area (Å²) in [5.74, 6) is 0.597. The SMILES string of the molecule is CCOC(=O)c1cnn(C)c1CNCc1nccn1C. The van der Waals surface area contributed by atoms with Gasteiger partial charge in [-0.1, -0.05) is 0 Å². The lowest BCUT2D eigenvalue weighted by Gasteiger charge is -2.08. The first-order valence-electron chi connectivity index (χ1n) is 6.48. The van der Waals surface area contributed by atoms with E-state index in [2.05, 4.69) is 15.4 Å². The number of aryl methyl sites for hydroxylation is 2. The molecule has 0 fully saturated rings. The van der Waals surface area contributed by atoms with Gasteiger partial charge in [0.2, 0.25) is 0 Å². The van der Waals surface area contributed by atoms with Gasteiger partial charge in [0.05, 0.1) is 25.0 Å². The molecule has 7 nitrogen and oxygen atoms in total. The van der Waals surface area contributed by atoms with Gasteiger partial charge in [0, 0.05) is 33.0 Å². The van der Waals surface area contributed by atoms with Gasteiger partial charge < -0.3 is 14.6 Å². The summed E-state index contributed by atoms with van der Waals surface area (Å²) in [6, 6.07) is 0. The molecule has 0 amide bonds. The van der Waals surface area contributed by atoms with Gasteiger partial charge in [-0.15, -0.1) is 0 Å². The molecule has 2 rings (SSSR count). The molecule has 0 saturated heterocycles. The van der Waals surface area contributed by atoms with Gasteiger partial charge in [-0.05, 0) is 6.92 Å². The molecule has 20 heavy (non-hydrogen) atoms. The fourth-order valence-corrected chi connectivity index (χ4v) is 1.91. The molecule has 2 aromatic heterocycles. The second-order valence-corrected chi connectivity index (χ2v) is 4.41. The Kier molecular flexibility index (Phi) is 4.52. The van der Waals surface area contributed by atoms with Crippen molar-refractivity contribution in [1.82, 2.24) is 24.6 Å². The van der Waals surface area contributed by atoms with E-state index in [1.165, 1.54) is 6.20 Å². The lowest BCUT2D eigenvalue weighted by molar-refractivity contribution is 0.0524. The van der Waals surface area contributed by atoms with Gasteiger partial charge in [-0.2, -0.15) is 5.10 Å². The van der Waals surface area contributed by atoms with Crippen LogP contribution in [0.5, 0.6) is 0 Å². The van der Waals surface area contributed by atoms with Crippen LogP contribution >= 0.6 is 0 Å². The quantitative estimate of drug-likeness (QED) is 0.784. The molecular formula is C13H19N5O2. The number of ether oxygens (including phenoxy) is 1. The molecule has 0 radical (unpaired) electrons. The standard InChI is InChI=1S/C13H19N5O2/c1-4-20-13(19)10-7-16-18(3)11(10)8-14-9-12-15-5-6-17(12)2/h5-7,14H,4,8-9H2,1-3H3. The fourth-order valence-electron chi connectivity index (χ4n) is 1.91. The predicted molar refractivity (Wildman–Crippen MR) is 72.9 cm³/mol. The highest BCUT2D eigenvalue weighted by molar-refractivity contribution is 5.90. The molecule has 2 aromatic rings. The summed E-state index contributed by atoms with van der Waals surface area (Å²) < 4.78 is 8.64. The maximum absolute atomic E-state index is 11.8. The van der Waals surface area contributed by atoms with Crippen LogP contribution < -0.4 is 5.32 Å². The van der Waals surface area contributed by atoms with E-state index in [1.807, 2.05) is 17.8 Å². The van der Waals surface area contributed by atoms with Gasteiger partial charge in [-0.3, -0.25) is 4.68 Å². The minimum Gasteiger partial charge on any atom is -0.462 e. The van der Waals surface area contributed by atoms with E-state index < -0.39 is 0 Å². The van der Waals surface area contributed by atoms with Crippen LogP contribution in [0.2, 0.25) is 0 Å². The summed E-state index contributed by atoms with van der Waals surface area (Å²) >= 11 is 0. The zero-order valence-electron chi connectivity index (χ0n) is 12.0. The van der Waals surface area contributed by atoms with Crippen molar-refractivity contribution in [3.05, 3.63) is 35.7 Å². The van der Waals surface area contributed by atoms with Crippen LogP contribution in [0.15, 0.2) is 18.6 Å². The van der Waals surface area contributed by atoms with Crippen molar-refractivity contribution >= 4 is 5.97 Å². The number of aromatic nitrogens is 4. The molecule has 0 saturated carbocycles. The van der Waals surface area contributed by atoms with E-state index in [0.29, 0.717) is 25.3 Å². The van der Waals surface area contributed by atoms with Crippen LogP contribution in [-0.4, -0.2) is 31.9 Å². The molecule has 0 unspecified atom stereocenters. The lowest BCUT2D eigenvalue weighted by Crippen LogP contribution is -2.20. The Bertz CT molecular complexity index is 587. The van der Waals surface area contributed by atoms with Crippen LogP contribution in [0.4, 0.5) is 0 Å². The molecule has 0 aromatic carbocycles. The number of carbonyl (C=O) groups excluding carboxylic acids is 1. The van der Waals surface area contributed by atoms with Crippen molar-refractivity contribution in [2.75, 3.05) is 6.61 Å². The van der Waals surface area contributed by atoms with E-state index in [9.17, 15) is 4.79 Å². The Morgan fingerprint density at radius 3 is 2.85 bits per heavy atom. The zero-order valence-corrected chi connectivity index (χ0v) is 12.0. The number of carbonyl (C=O) groups is 1. The maximum Gasteiger partial charge on any atom is 0.341 e. The number of nitrogens with zero attached hydrogens (tertiary/aromatic N) is 4. The molecule has 0 spiro atoms. The minimum absolute atomic E-state index is 0.339. The van der Waals surface area contributed by atoms with Crippen LogP contribution in [0, 0.1) is 0 Å². The number of hydrogen-bond donors (Lipinski definition) is 1. The van der Waals surface area contributed by atoms with Crippen molar-refractivity contribution in [2.24, 2.45) is 14.1 Å². The van der Waals surface area contributed by atoms with Crippen molar-refractivity contribution < 1.29 is 9.53 Å².